The van der Waals surface area contributed by atoms with Crippen molar-refractivity contribution in [1.29, 1.82) is 0 Å². The number of hydrogen-bond acceptors (Lipinski definition) is 3. The van der Waals surface area contributed by atoms with Crippen LogP contribution in [0, 0.1) is 0 Å². The molecule has 0 atom stereocenters. The van der Waals surface area contributed by atoms with Crippen molar-refractivity contribution in [3.63, 3.8) is 0 Å². The predicted octanol–water partition coefficient (Wildman–Crippen LogP) is 4.54. The lowest BCUT2D eigenvalue weighted by Crippen LogP contribution is -2.02. The van der Waals surface area contributed by atoms with E-state index in [1.807, 2.05) is 18.2 Å². The fourth-order valence-electron chi connectivity index (χ4n) is 2.96. The highest BCUT2D eigenvalue weighted by Crippen LogP contribution is 2.42. The molecule has 0 bridgehead atoms. The second-order valence-corrected chi connectivity index (χ2v) is 5.80. The van der Waals surface area contributed by atoms with Crippen molar-refractivity contribution in [2.75, 3.05) is 7.11 Å². The van der Waals surface area contributed by atoms with Crippen LogP contribution in [0.5, 0.6) is 5.75 Å². The number of aromatic nitrogens is 1. The van der Waals surface area contributed by atoms with Gasteiger partial charge >= 0.3 is 5.97 Å². The molecule has 5 heteroatoms. The molecule has 23 heavy (non-hydrogen) atoms. The summed E-state index contributed by atoms with van der Waals surface area (Å²) in [4.78, 5) is 15.4. The van der Waals surface area contributed by atoms with E-state index in [0.717, 1.165) is 41.7 Å². The van der Waals surface area contributed by atoms with Crippen LogP contribution in [0.3, 0.4) is 0 Å². The third kappa shape index (κ3) is 3.08. The van der Waals surface area contributed by atoms with Gasteiger partial charge in [-0.3, -0.25) is 0 Å². The first-order valence-corrected chi connectivity index (χ1v) is 7.74. The van der Waals surface area contributed by atoms with E-state index in [4.69, 9.17) is 21.4 Å². The molecule has 1 aliphatic rings. The van der Waals surface area contributed by atoms with Crippen LogP contribution < -0.4 is 4.74 Å². The second kappa shape index (κ2) is 6.42. The fourth-order valence-corrected chi connectivity index (χ4v) is 3.13. The Bertz CT molecular complexity index is 799. The Labute approximate surface area is 139 Å². The van der Waals surface area contributed by atoms with Gasteiger partial charge in [0.25, 0.3) is 0 Å². The van der Waals surface area contributed by atoms with Crippen LogP contribution in [-0.2, 0) is 0 Å². The average Bonchev–Trinajstić information content (AvgIpc) is 3.04. The lowest BCUT2D eigenvalue weighted by molar-refractivity contribution is 0.0690. The Morgan fingerprint density at radius 2 is 2.00 bits per heavy atom. The van der Waals surface area contributed by atoms with Gasteiger partial charge in [-0.15, -0.1) is 0 Å². The first-order chi connectivity index (χ1) is 11.1. The Morgan fingerprint density at radius 3 is 2.74 bits per heavy atom. The van der Waals surface area contributed by atoms with Gasteiger partial charge in [-0.05, 0) is 60.7 Å². The normalized spacial score (nSPS) is 14.2. The van der Waals surface area contributed by atoms with E-state index in [2.05, 4.69) is 4.98 Å². The number of hydrogen-bond donors (Lipinski definition) is 1. The summed E-state index contributed by atoms with van der Waals surface area (Å²) in [6, 6.07) is 10.6. The van der Waals surface area contributed by atoms with Crippen LogP contribution in [0.1, 0.15) is 41.0 Å². The van der Waals surface area contributed by atoms with Crippen LogP contribution in [0.15, 0.2) is 36.4 Å². The van der Waals surface area contributed by atoms with Crippen molar-refractivity contribution in [3.8, 4) is 5.75 Å². The van der Waals surface area contributed by atoms with E-state index in [-0.39, 0.29) is 5.69 Å². The number of methoxy groups -OCH3 is 1. The summed E-state index contributed by atoms with van der Waals surface area (Å²) >= 11 is 6.14. The molecule has 3 rings (SSSR count). The number of benzene rings is 1. The minimum atomic E-state index is -1.02. The van der Waals surface area contributed by atoms with Gasteiger partial charge in [-0.2, -0.15) is 0 Å². The molecule has 0 unspecified atom stereocenters. The lowest BCUT2D eigenvalue weighted by atomic mass is 9.99. The maximum Gasteiger partial charge on any atom is 0.354 e. The third-order valence-corrected chi connectivity index (χ3v) is 4.22. The fraction of sp³-hybridized carbons (Fsp3) is 0.222. The number of carbonyl (C=O) groups is 1. The molecule has 0 radical (unpaired) electrons. The van der Waals surface area contributed by atoms with Crippen molar-refractivity contribution < 1.29 is 14.6 Å². The topological polar surface area (TPSA) is 59.4 Å². The van der Waals surface area contributed by atoms with Crippen molar-refractivity contribution >= 4 is 28.7 Å². The van der Waals surface area contributed by atoms with Gasteiger partial charge in [0.1, 0.15) is 11.4 Å². The first kappa shape index (κ1) is 15.6. The largest absolute Gasteiger partial charge is 0.496 e. The highest BCUT2D eigenvalue weighted by Gasteiger charge is 2.22. The number of nitrogens with zero attached hydrogens (tertiary/aromatic N) is 1. The number of carboxylic acids is 1. The maximum absolute atomic E-state index is 11.1. The molecule has 118 valence electrons. The Hall–Kier alpha value is -2.33. The molecular formula is C18H16ClNO3. The quantitative estimate of drug-likeness (QED) is 0.894. The molecule has 0 saturated heterocycles. The molecule has 2 aromatic rings. The minimum Gasteiger partial charge on any atom is -0.496 e. The van der Waals surface area contributed by atoms with E-state index >= 15 is 0 Å². The van der Waals surface area contributed by atoms with E-state index in [1.54, 1.807) is 19.2 Å². The van der Waals surface area contributed by atoms with Crippen LogP contribution in [0.25, 0.3) is 11.1 Å². The molecule has 1 aliphatic carbocycles. The lowest BCUT2D eigenvalue weighted by Gasteiger charge is -2.13. The molecule has 0 aliphatic heterocycles. The first-order valence-electron chi connectivity index (χ1n) is 7.37. The summed E-state index contributed by atoms with van der Waals surface area (Å²) in [6.45, 7) is 0. The van der Waals surface area contributed by atoms with E-state index in [1.165, 1.54) is 6.07 Å². The molecule has 1 aromatic heterocycles. The maximum atomic E-state index is 11.1. The van der Waals surface area contributed by atoms with Gasteiger partial charge in [-0.1, -0.05) is 17.7 Å². The molecule has 1 aromatic carbocycles. The zero-order chi connectivity index (χ0) is 16.4. The van der Waals surface area contributed by atoms with Crippen LogP contribution >= 0.6 is 11.6 Å². The van der Waals surface area contributed by atoms with Crippen LogP contribution in [0.4, 0.5) is 0 Å². The molecule has 0 amide bonds. The van der Waals surface area contributed by atoms with Crippen molar-refractivity contribution in [2.24, 2.45) is 0 Å². The number of pyridine rings is 1. The minimum absolute atomic E-state index is 0.0549. The van der Waals surface area contributed by atoms with Crippen LogP contribution in [-0.4, -0.2) is 23.2 Å². The number of aromatic carboxylic acids is 1. The van der Waals surface area contributed by atoms with E-state index in [0.29, 0.717) is 10.7 Å². The zero-order valence-electron chi connectivity index (χ0n) is 12.7. The standard InChI is InChI=1S/C18H16ClNO3/c1-23-17-9-8-11(19)10-14(17)12-4-2-5-13(12)15-6-3-7-16(20-15)18(21)22/h3,6-10H,2,4-5H2,1H3,(H,21,22). The molecular weight excluding hydrogens is 314 g/mol. The summed E-state index contributed by atoms with van der Waals surface area (Å²) in [5, 5.41) is 9.78. The molecule has 1 heterocycles. The Morgan fingerprint density at radius 1 is 1.22 bits per heavy atom. The number of halogens is 1. The molecule has 0 saturated carbocycles. The summed E-state index contributed by atoms with van der Waals surface area (Å²) in [5.41, 5.74) is 3.90. The number of ether oxygens (including phenoxy) is 1. The molecule has 4 nitrogen and oxygen atoms in total. The zero-order valence-corrected chi connectivity index (χ0v) is 13.4. The summed E-state index contributed by atoms with van der Waals surface area (Å²) < 4.78 is 5.45. The SMILES string of the molecule is COc1ccc(Cl)cc1C1=C(c2cccc(C(=O)O)n2)CCC1. The highest BCUT2D eigenvalue weighted by atomic mass is 35.5. The summed E-state index contributed by atoms with van der Waals surface area (Å²) in [6.07, 6.45) is 2.76. The number of allylic oxidation sites excluding steroid dienone is 2. The van der Waals surface area contributed by atoms with Gasteiger partial charge in [0.2, 0.25) is 0 Å². The van der Waals surface area contributed by atoms with Gasteiger partial charge in [-0.25, -0.2) is 9.78 Å². The van der Waals surface area contributed by atoms with Gasteiger partial charge in [0, 0.05) is 10.6 Å². The van der Waals surface area contributed by atoms with Crippen molar-refractivity contribution in [2.45, 2.75) is 19.3 Å². The van der Waals surface area contributed by atoms with Gasteiger partial charge in [0.05, 0.1) is 12.8 Å². The van der Waals surface area contributed by atoms with Gasteiger partial charge < -0.3 is 9.84 Å². The Kier molecular flexibility index (Phi) is 4.35. The van der Waals surface area contributed by atoms with Crippen molar-refractivity contribution in [1.82, 2.24) is 4.98 Å². The van der Waals surface area contributed by atoms with Crippen molar-refractivity contribution in [3.05, 3.63) is 58.4 Å². The molecule has 0 fully saturated rings. The molecule has 0 spiro atoms. The number of rotatable bonds is 4. The highest BCUT2D eigenvalue weighted by molar-refractivity contribution is 6.30. The van der Waals surface area contributed by atoms with E-state index < -0.39 is 5.97 Å². The smallest absolute Gasteiger partial charge is 0.354 e. The predicted molar refractivity (Wildman–Crippen MR) is 89.9 cm³/mol. The Balaban J connectivity index is 2.14. The van der Waals surface area contributed by atoms with Crippen LogP contribution in [0.2, 0.25) is 5.02 Å². The van der Waals surface area contributed by atoms with E-state index in [9.17, 15) is 4.79 Å². The summed E-state index contributed by atoms with van der Waals surface area (Å²) in [7, 11) is 1.63. The monoisotopic (exact) mass is 329 g/mol. The van der Waals surface area contributed by atoms with Gasteiger partial charge in [0.15, 0.2) is 0 Å². The number of carboxylic acid groups (broad SMARTS) is 1. The summed E-state index contributed by atoms with van der Waals surface area (Å²) in [5.74, 6) is -0.259. The molecule has 1 N–H and O–H groups in total. The average molecular weight is 330 g/mol. The second-order valence-electron chi connectivity index (χ2n) is 5.37. The third-order valence-electron chi connectivity index (χ3n) is 3.98.